The number of nitrogens with zero attached hydrogens (tertiary/aromatic N) is 1. The summed E-state index contributed by atoms with van der Waals surface area (Å²) >= 11 is 0. The minimum absolute atomic E-state index is 0.0110. The third kappa shape index (κ3) is 10.8. The molecule has 0 heterocycles. The van der Waals surface area contributed by atoms with Crippen LogP contribution in [0.4, 0.5) is 0 Å². The van der Waals surface area contributed by atoms with Gasteiger partial charge in [-0.1, -0.05) is 72.8 Å². The lowest BCUT2D eigenvalue weighted by Crippen LogP contribution is -2.39. The maximum Gasteiger partial charge on any atom is 0.309 e. The quantitative estimate of drug-likeness (QED) is 0.194. The van der Waals surface area contributed by atoms with E-state index in [-0.39, 0.29) is 56.4 Å². The van der Waals surface area contributed by atoms with Gasteiger partial charge in [0.1, 0.15) is 6.61 Å². The van der Waals surface area contributed by atoms with Crippen LogP contribution in [0.2, 0.25) is 0 Å². The Balaban J connectivity index is 1.85. The summed E-state index contributed by atoms with van der Waals surface area (Å²) in [5.41, 5.74) is 1.98. The Bertz CT molecular complexity index is 994. The number of hydrogen-bond donors (Lipinski definition) is 2. The molecule has 2 amide bonds. The van der Waals surface area contributed by atoms with Crippen molar-refractivity contribution in [3.8, 4) is 0 Å². The van der Waals surface area contributed by atoms with Crippen LogP contribution in [0.1, 0.15) is 30.4 Å². The molecule has 37 heavy (non-hydrogen) atoms. The van der Waals surface area contributed by atoms with Crippen LogP contribution in [0.15, 0.2) is 86.0 Å². The van der Waals surface area contributed by atoms with Crippen LogP contribution in [0.3, 0.4) is 0 Å². The van der Waals surface area contributed by atoms with Crippen molar-refractivity contribution >= 4 is 17.8 Å². The molecular weight excluding hydrogens is 468 g/mol. The molecule has 0 aromatic heterocycles. The fourth-order valence-electron chi connectivity index (χ4n) is 3.99. The van der Waals surface area contributed by atoms with Crippen LogP contribution >= 0.6 is 0 Å². The first kappa shape index (κ1) is 29.5. The monoisotopic (exact) mass is 506 g/mol. The van der Waals surface area contributed by atoms with Crippen LogP contribution in [0.5, 0.6) is 0 Å². The molecule has 198 valence electrons. The van der Waals surface area contributed by atoms with Gasteiger partial charge in [0.25, 0.3) is 0 Å². The Labute approximate surface area is 219 Å². The van der Waals surface area contributed by atoms with E-state index in [0.717, 1.165) is 11.1 Å². The summed E-state index contributed by atoms with van der Waals surface area (Å²) in [6, 6.07) is 19.2. The molecule has 2 atom stereocenters. The highest BCUT2D eigenvalue weighted by Gasteiger charge is 2.24. The SMILES string of the molecule is C=CC[C@H](CC(=O)N(CCO)Cc1ccccc1)C(=O)NCCOC(=O)[C@H](CC=C)Cc1ccccc1. The van der Waals surface area contributed by atoms with Crippen molar-refractivity contribution in [1.82, 2.24) is 10.2 Å². The van der Waals surface area contributed by atoms with Gasteiger partial charge in [-0.25, -0.2) is 0 Å². The Morgan fingerprint density at radius 1 is 0.919 bits per heavy atom. The average Bonchev–Trinajstić information content (AvgIpc) is 2.91. The first-order chi connectivity index (χ1) is 18.0. The third-order valence-corrected chi connectivity index (χ3v) is 5.94. The minimum Gasteiger partial charge on any atom is -0.464 e. The highest BCUT2D eigenvalue weighted by atomic mass is 16.5. The van der Waals surface area contributed by atoms with Crippen LogP contribution in [0, 0.1) is 11.8 Å². The summed E-state index contributed by atoms with van der Waals surface area (Å²) in [5.74, 6) is -1.82. The molecule has 0 saturated heterocycles. The number of carbonyl (C=O) groups is 3. The molecule has 0 bridgehead atoms. The van der Waals surface area contributed by atoms with Crippen molar-refractivity contribution in [2.45, 2.75) is 32.2 Å². The van der Waals surface area contributed by atoms with Gasteiger partial charge in [-0.05, 0) is 30.4 Å². The van der Waals surface area contributed by atoms with E-state index >= 15 is 0 Å². The van der Waals surface area contributed by atoms with Crippen LogP contribution in [-0.4, -0.2) is 54.1 Å². The van der Waals surface area contributed by atoms with Crippen LogP contribution in [0.25, 0.3) is 0 Å². The molecular formula is C30H38N2O5. The van der Waals surface area contributed by atoms with E-state index in [1.165, 1.54) is 0 Å². The molecule has 0 radical (unpaired) electrons. The van der Waals surface area contributed by atoms with Crippen molar-refractivity contribution in [3.05, 3.63) is 97.1 Å². The average molecular weight is 507 g/mol. The lowest BCUT2D eigenvalue weighted by atomic mass is 9.96. The smallest absolute Gasteiger partial charge is 0.309 e. The number of ether oxygens (including phenoxy) is 1. The summed E-state index contributed by atoms with van der Waals surface area (Å²) in [7, 11) is 0. The molecule has 0 unspecified atom stereocenters. The van der Waals surface area contributed by atoms with Crippen LogP contribution in [-0.2, 0) is 32.1 Å². The molecule has 2 rings (SSSR count). The number of carbonyl (C=O) groups excluding carboxylic acids is 3. The van der Waals surface area contributed by atoms with Crippen LogP contribution < -0.4 is 5.32 Å². The molecule has 7 heteroatoms. The summed E-state index contributed by atoms with van der Waals surface area (Å²) < 4.78 is 5.41. The zero-order valence-electron chi connectivity index (χ0n) is 21.4. The van der Waals surface area contributed by atoms with Gasteiger partial charge in [-0.15, -0.1) is 13.2 Å². The topological polar surface area (TPSA) is 95.9 Å². The number of amides is 2. The predicted octanol–water partition coefficient (Wildman–Crippen LogP) is 3.68. The van der Waals surface area contributed by atoms with E-state index in [1.54, 1.807) is 17.1 Å². The van der Waals surface area contributed by atoms with E-state index < -0.39 is 5.92 Å². The molecule has 2 aromatic rings. The van der Waals surface area contributed by atoms with E-state index in [0.29, 0.717) is 25.8 Å². The van der Waals surface area contributed by atoms with Gasteiger partial charge in [0, 0.05) is 19.5 Å². The predicted molar refractivity (Wildman–Crippen MR) is 144 cm³/mol. The van der Waals surface area contributed by atoms with E-state index in [9.17, 15) is 19.5 Å². The standard InChI is InChI=1S/C30H38N2O5/c1-3-11-26(22-28(34)32(18-19-33)23-25-15-9-6-10-16-25)29(35)31-17-20-37-30(36)27(12-4-2)21-24-13-7-5-8-14-24/h3-10,13-16,26-27,33H,1-2,11-12,17-23H2,(H,31,35)/t26-,27-/m1/s1. The van der Waals surface area contributed by atoms with Gasteiger partial charge < -0.3 is 20.1 Å². The van der Waals surface area contributed by atoms with E-state index in [2.05, 4.69) is 18.5 Å². The van der Waals surface area contributed by atoms with Crippen molar-refractivity contribution in [3.63, 3.8) is 0 Å². The Morgan fingerprint density at radius 2 is 1.51 bits per heavy atom. The molecule has 0 spiro atoms. The largest absolute Gasteiger partial charge is 0.464 e. The summed E-state index contributed by atoms with van der Waals surface area (Å²) in [4.78, 5) is 39.9. The lowest BCUT2D eigenvalue weighted by Gasteiger charge is -2.24. The molecule has 2 N–H and O–H groups in total. The van der Waals surface area contributed by atoms with Crippen molar-refractivity contribution in [1.29, 1.82) is 0 Å². The van der Waals surface area contributed by atoms with Crippen molar-refractivity contribution in [2.24, 2.45) is 11.8 Å². The first-order valence-corrected chi connectivity index (χ1v) is 12.6. The van der Waals surface area contributed by atoms with Gasteiger partial charge >= 0.3 is 5.97 Å². The number of esters is 1. The van der Waals surface area contributed by atoms with Gasteiger partial charge in [0.05, 0.1) is 25.0 Å². The summed E-state index contributed by atoms with van der Waals surface area (Å²) in [6.45, 7) is 7.99. The van der Waals surface area contributed by atoms with Crippen molar-refractivity contribution < 1.29 is 24.2 Å². The number of hydrogen-bond acceptors (Lipinski definition) is 5. The number of nitrogens with one attached hydrogen (secondary N) is 1. The molecule has 0 aliphatic rings. The fourth-order valence-corrected chi connectivity index (χ4v) is 3.99. The molecule has 0 saturated carbocycles. The number of rotatable bonds is 17. The van der Waals surface area contributed by atoms with Gasteiger partial charge in [-0.2, -0.15) is 0 Å². The van der Waals surface area contributed by atoms with Gasteiger partial charge in [0.2, 0.25) is 11.8 Å². The molecule has 7 nitrogen and oxygen atoms in total. The van der Waals surface area contributed by atoms with Gasteiger partial charge in [0.15, 0.2) is 0 Å². The number of aliphatic hydroxyl groups is 1. The van der Waals surface area contributed by atoms with E-state index in [4.69, 9.17) is 4.74 Å². The van der Waals surface area contributed by atoms with Crippen molar-refractivity contribution in [2.75, 3.05) is 26.3 Å². The van der Waals surface area contributed by atoms with Gasteiger partial charge in [-0.3, -0.25) is 14.4 Å². The summed E-state index contributed by atoms with van der Waals surface area (Å²) in [6.07, 6.45) is 4.67. The zero-order valence-corrected chi connectivity index (χ0v) is 21.4. The third-order valence-electron chi connectivity index (χ3n) is 5.94. The minimum atomic E-state index is -0.607. The van der Waals surface area contributed by atoms with E-state index in [1.807, 2.05) is 60.7 Å². The second-order valence-electron chi connectivity index (χ2n) is 8.82. The maximum absolute atomic E-state index is 13.0. The highest BCUT2D eigenvalue weighted by Crippen LogP contribution is 2.16. The molecule has 2 aromatic carbocycles. The normalized spacial score (nSPS) is 12.1. The Morgan fingerprint density at radius 3 is 2.11 bits per heavy atom. The Kier molecular flexibility index (Phi) is 13.5. The fraction of sp³-hybridized carbons (Fsp3) is 0.367. The number of aliphatic hydroxyl groups excluding tert-OH is 1. The zero-order chi connectivity index (χ0) is 26.9. The number of benzene rings is 2. The second kappa shape index (κ2) is 16.9. The molecule has 0 fully saturated rings. The lowest BCUT2D eigenvalue weighted by molar-refractivity contribution is -0.148. The maximum atomic E-state index is 13.0. The Hall–Kier alpha value is -3.71. The second-order valence-corrected chi connectivity index (χ2v) is 8.82. The molecule has 0 aliphatic heterocycles. The number of allylic oxidation sites excluding steroid dienone is 2. The summed E-state index contributed by atoms with van der Waals surface area (Å²) in [5, 5.41) is 12.2. The highest BCUT2D eigenvalue weighted by molar-refractivity contribution is 5.86. The first-order valence-electron chi connectivity index (χ1n) is 12.6. The molecule has 0 aliphatic carbocycles.